The number of halogens is 3. The van der Waals surface area contributed by atoms with Crippen LogP contribution in [-0.2, 0) is 6.18 Å². The molecule has 0 aliphatic rings. The van der Waals surface area contributed by atoms with Gasteiger partial charge in [0.25, 0.3) is 0 Å². The number of nitrogens with zero attached hydrogens (tertiary/aromatic N) is 1. The third-order valence-corrected chi connectivity index (χ3v) is 2.02. The predicted octanol–water partition coefficient (Wildman–Crippen LogP) is 2.96. The molecule has 0 fully saturated rings. The van der Waals surface area contributed by atoms with E-state index in [2.05, 4.69) is 4.98 Å². The van der Waals surface area contributed by atoms with Crippen LogP contribution in [0.4, 0.5) is 13.2 Å². The minimum absolute atomic E-state index is 0.0926. The summed E-state index contributed by atoms with van der Waals surface area (Å²) in [7, 11) is 0. The Balaban J connectivity index is 2.80. The fraction of sp³-hybridized carbons (Fsp3) is 0.100. The van der Waals surface area contributed by atoms with Gasteiger partial charge in [0.1, 0.15) is 5.75 Å². The molecular weight excluding hydrogens is 207 g/mol. The van der Waals surface area contributed by atoms with Crippen molar-refractivity contribution in [1.82, 2.24) is 4.98 Å². The number of aromatic hydroxyl groups is 1. The van der Waals surface area contributed by atoms with Gasteiger partial charge in [0.15, 0.2) is 0 Å². The normalized spacial score (nSPS) is 11.9. The van der Waals surface area contributed by atoms with Crippen molar-refractivity contribution in [2.75, 3.05) is 0 Å². The molecule has 0 saturated heterocycles. The average molecular weight is 213 g/mol. The standard InChI is InChI=1S/C10H6F3NO/c11-10(12,13)8-2-1-3-9-7(8)4-6(15)5-14-9/h1-5,15H. The molecule has 1 aromatic carbocycles. The maximum Gasteiger partial charge on any atom is 0.417 e. The van der Waals surface area contributed by atoms with Crippen LogP contribution in [0.15, 0.2) is 30.5 Å². The van der Waals surface area contributed by atoms with Gasteiger partial charge in [-0.3, -0.25) is 4.98 Å². The monoisotopic (exact) mass is 213 g/mol. The highest BCUT2D eigenvalue weighted by Gasteiger charge is 2.32. The molecule has 5 heteroatoms. The van der Waals surface area contributed by atoms with Gasteiger partial charge in [0.2, 0.25) is 0 Å². The minimum Gasteiger partial charge on any atom is -0.506 e. The molecule has 0 bridgehead atoms. The molecule has 0 aliphatic carbocycles. The maximum absolute atomic E-state index is 12.5. The van der Waals surface area contributed by atoms with E-state index in [-0.39, 0.29) is 16.7 Å². The van der Waals surface area contributed by atoms with Crippen molar-refractivity contribution in [3.63, 3.8) is 0 Å². The fourth-order valence-electron chi connectivity index (χ4n) is 1.39. The van der Waals surface area contributed by atoms with Crippen molar-refractivity contribution in [3.05, 3.63) is 36.0 Å². The summed E-state index contributed by atoms with van der Waals surface area (Å²) >= 11 is 0. The Hall–Kier alpha value is -1.78. The molecule has 78 valence electrons. The molecular formula is C10H6F3NO. The van der Waals surface area contributed by atoms with E-state index >= 15 is 0 Å². The number of fused-ring (bicyclic) bond motifs is 1. The second kappa shape index (κ2) is 3.12. The van der Waals surface area contributed by atoms with Gasteiger partial charge in [-0.25, -0.2) is 0 Å². The molecule has 0 radical (unpaired) electrons. The molecule has 0 spiro atoms. The first kappa shape index (κ1) is 9.76. The van der Waals surface area contributed by atoms with Gasteiger partial charge in [0, 0.05) is 5.39 Å². The van der Waals surface area contributed by atoms with Gasteiger partial charge in [-0.2, -0.15) is 13.2 Å². The van der Waals surface area contributed by atoms with Crippen LogP contribution in [0.25, 0.3) is 10.9 Å². The van der Waals surface area contributed by atoms with Crippen molar-refractivity contribution in [1.29, 1.82) is 0 Å². The quantitative estimate of drug-likeness (QED) is 0.729. The van der Waals surface area contributed by atoms with E-state index in [0.29, 0.717) is 0 Å². The molecule has 15 heavy (non-hydrogen) atoms. The van der Waals surface area contributed by atoms with Crippen LogP contribution >= 0.6 is 0 Å². The SMILES string of the molecule is Oc1cnc2cccc(C(F)(F)F)c2c1. The summed E-state index contributed by atoms with van der Waals surface area (Å²) < 4.78 is 37.6. The number of alkyl halides is 3. The van der Waals surface area contributed by atoms with E-state index in [0.717, 1.165) is 18.3 Å². The summed E-state index contributed by atoms with van der Waals surface area (Å²) in [6, 6.07) is 4.77. The summed E-state index contributed by atoms with van der Waals surface area (Å²) in [5.74, 6) is -0.279. The van der Waals surface area contributed by atoms with Crippen LogP contribution in [0.2, 0.25) is 0 Å². The highest BCUT2D eigenvalue weighted by Crippen LogP contribution is 2.34. The van der Waals surface area contributed by atoms with E-state index in [9.17, 15) is 13.2 Å². The Kier molecular flexibility index (Phi) is 2.03. The molecule has 1 heterocycles. The summed E-state index contributed by atoms with van der Waals surface area (Å²) in [5.41, 5.74) is -0.578. The van der Waals surface area contributed by atoms with Crippen LogP contribution in [0.3, 0.4) is 0 Å². The van der Waals surface area contributed by atoms with Crippen molar-refractivity contribution < 1.29 is 18.3 Å². The summed E-state index contributed by atoms with van der Waals surface area (Å²) in [5, 5.41) is 9.00. The molecule has 1 aromatic heterocycles. The number of hydrogen-bond donors (Lipinski definition) is 1. The van der Waals surface area contributed by atoms with Gasteiger partial charge in [-0.05, 0) is 18.2 Å². The second-order valence-electron chi connectivity index (χ2n) is 3.06. The van der Waals surface area contributed by atoms with Crippen LogP contribution in [0.1, 0.15) is 5.56 Å². The van der Waals surface area contributed by atoms with Gasteiger partial charge < -0.3 is 5.11 Å². The lowest BCUT2D eigenvalue weighted by molar-refractivity contribution is -0.136. The van der Waals surface area contributed by atoms with Crippen LogP contribution < -0.4 is 0 Å². The first-order valence-corrected chi connectivity index (χ1v) is 4.13. The Bertz CT molecular complexity index is 507. The lowest BCUT2D eigenvalue weighted by Gasteiger charge is -2.09. The van der Waals surface area contributed by atoms with Crippen molar-refractivity contribution in [3.8, 4) is 5.75 Å². The van der Waals surface area contributed by atoms with E-state index in [1.54, 1.807) is 0 Å². The van der Waals surface area contributed by atoms with Gasteiger partial charge in [-0.1, -0.05) is 6.07 Å². The van der Waals surface area contributed by atoms with Gasteiger partial charge in [-0.15, -0.1) is 0 Å². The number of benzene rings is 1. The lowest BCUT2D eigenvalue weighted by Crippen LogP contribution is -2.05. The van der Waals surface area contributed by atoms with E-state index in [4.69, 9.17) is 5.11 Å². The zero-order valence-electron chi connectivity index (χ0n) is 7.42. The Labute approximate surface area is 83.0 Å². The predicted molar refractivity (Wildman–Crippen MR) is 48.4 cm³/mol. The Morgan fingerprint density at radius 3 is 2.60 bits per heavy atom. The van der Waals surface area contributed by atoms with E-state index in [1.165, 1.54) is 12.1 Å². The van der Waals surface area contributed by atoms with Crippen molar-refractivity contribution in [2.24, 2.45) is 0 Å². The van der Waals surface area contributed by atoms with Crippen molar-refractivity contribution in [2.45, 2.75) is 6.18 Å². The van der Waals surface area contributed by atoms with Crippen molar-refractivity contribution >= 4 is 10.9 Å². The van der Waals surface area contributed by atoms with Crippen LogP contribution in [-0.4, -0.2) is 10.1 Å². The Morgan fingerprint density at radius 2 is 1.93 bits per heavy atom. The zero-order chi connectivity index (χ0) is 11.1. The smallest absolute Gasteiger partial charge is 0.417 e. The number of aromatic nitrogens is 1. The molecule has 0 unspecified atom stereocenters. The number of rotatable bonds is 0. The molecule has 0 aliphatic heterocycles. The summed E-state index contributed by atoms with van der Waals surface area (Å²) in [6.45, 7) is 0. The third-order valence-electron chi connectivity index (χ3n) is 2.02. The molecule has 0 atom stereocenters. The molecule has 2 aromatic rings. The third kappa shape index (κ3) is 1.72. The maximum atomic E-state index is 12.5. The Morgan fingerprint density at radius 1 is 1.20 bits per heavy atom. The van der Waals surface area contributed by atoms with Gasteiger partial charge >= 0.3 is 6.18 Å². The zero-order valence-corrected chi connectivity index (χ0v) is 7.42. The first-order chi connectivity index (χ1) is 6.98. The molecule has 2 nitrogen and oxygen atoms in total. The highest BCUT2D eigenvalue weighted by atomic mass is 19.4. The average Bonchev–Trinajstić information content (AvgIpc) is 2.15. The molecule has 0 amide bonds. The molecule has 1 N–H and O–H groups in total. The molecule has 2 rings (SSSR count). The summed E-state index contributed by atoms with van der Waals surface area (Å²) in [6.07, 6.45) is -3.32. The van der Waals surface area contributed by atoms with Crippen LogP contribution in [0, 0.1) is 0 Å². The molecule has 0 saturated carbocycles. The minimum atomic E-state index is -4.44. The lowest BCUT2D eigenvalue weighted by atomic mass is 10.1. The largest absolute Gasteiger partial charge is 0.506 e. The number of hydrogen-bond acceptors (Lipinski definition) is 2. The first-order valence-electron chi connectivity index (χ1n) is 4.13. The summed E-state index contributed by atoms with van der Waals surface area (Å²) in [4.78, 5) is 3.70. The van der Waals surface area contributed by atoms with E-state index < -0.39 is 11.7 Å². The van der Waals surface area contributed by atoms with Crippen LogP contribution in [0.5, 0.6) is 5.75 Å². The van der Waals surface area contributed by atoms with E-state index in [1.807, 2.05) is 0 Å². The number of pyridine rings is 1. The fourth-order valence-corrected chi connectivity index (χ4v) is 1.39. The second-order valence-corrected chi connectivity index (χ2v) is 3.06. The topological polar surface area (TPSA) is 33.1 Å². The van der Waals surface area contributed by atoms with Gasteiger partial charge in [0.05, 0.1) is 17.3 Å². The highest BCUT2D eigenvalue weighted by molar-refractivity contribution is 5.83.